The van der Waals surface area contributed by atoms with Gasteiger partial charge in [0.25, 0.3) is 0 Å². The molecule has 1 N–H and O–H groups in total. The van der Waals surface area contributed by atoms with E-state index in [1.165, 1.54) is 19.4 Å². The first-order valence-corrected chi connectivity index (χ1v) is 7.14. The zero-order valence-corrected chi connectivity index (χ0v) is 12.6. The second-order valence-electron chi connectivity index (χ2n) is 4.83. The topological polar surface area (TPSA) is 15.3 Å². The smallest absolute Gasteiger partial charge is 0.0502 e. The van der Waals surface area contributed by atoms with Crippen molar-refractivity contribution in [3.05, 3.63) is 27.2 Å². The van der Waals surface area contributed by atoms with Crippen LogP contribution in [0.4, 0.5) is 5.69 Å². The van der Waals surface area contributed by atoms with Crippen molar-refractivity contribution in [1.29, 1.82) is 0 Å². The molecule has 1 unspecified atom stereocenters. The van der Waals surface area contributed by atoms with Crippen LogP contribution in [0, 0.1) is 6.92 Å². The number of likely N-dealkylation sites (N-methyl/N-ethyl adjacent to an activating group) is 1. The Morgan fingerprint density at radius 3 is 2.94 bits per heavy atom. The molecule has 1 aromatic carbocycles. The summed E-state index contributed by atoms with van der Waals surface area (Å²) in [5.41, 5.74) is 2.20. The maximum Gasteiger partial charge on any atom is 0.0502 e. The Hall–Kier alpha value is -0.250. The van der Waals surface area contributed by atoms with Crippen molar-refractivity contribution in [1.82, 2.24) is 4.90 Å². The lowest BCUT2D eigenvalue weighted by Gasteiger charge is -2.31. The van der Waals surface area contributed by atoms with E-state index in [0.717, 1.165) is 27.3 Å². The average Bonchev–Trinajstić information content (AvgIpc) is 2.26. The molecule has 0 aromatic heterocycles. The fraction of sp³-hybridized carbons (Fsp3) is 0.538. The van der Waals surface area contributed by atoms with Crippen LogP contribution < -0.4 is 5.32 Å². The first-order chi connectivity index (χ1) is 8.06. The maximum atomic E-state index is 6.16. The van der Waals surface area contributed by atoms with E-state index in [9.17, 15) is 0 Å². The van der Waals surface area contributed by atoms with Gasteiger partial charge in [-0.2, -0.15) is 0 Å². The van der Waals surface area contributed by atoms with Gasteiger partial charge in [0.15, 0.2) is 0 Å². The Bertz CT molecular complexity index is 409. The number of piperidine rings is 1. The molecular weight excluding hydrogens is 300 g/mol. The van der Waals surface area contributed by atoms with E-state index in [4.69, 9.17) is 11.6 Å². The summed E-state index contributed by atoms with van der Waals surface area (Å²) in [6.07, 6.45) is 2.48. The van der Waals surface area contributed by atoms with Crippen molar-refractivity contribution < 1.29 is 0 Å². The Morgan fingerprint density at radius 2 is 2.24 bits per heavy atom. The Labute approximate surface area is 116 Å². The number of hydrogen-bond acceptors (Lipinski definition) is 2. The molecule has 1 atom stereocenters. The lowest BCUT2D eigenvalue weighted by atomic mass is 10.1. The fourth-order valence-electron chi connectivity index (χ4n) is 2.26. The SMILES string of the molecule is Cc1cc(Br)c(NC2CCCN(C)C2)cc1Cl. The van der Waals surface area contributed by atoms with Gasteiger partial charge in [0, 0.05) is 22.1 Å². The number of anilines is 1. The second kappa shape index (κ2) is 5.59. The molecule has 17 heavy (non-hydrogen) atoms. The standard InChI is InChI=1S/C13H18BrClN2/c1-9-6-11(14)13(7-12(9)15)16-10-4-3-5-17(2)8-10/h6-7,10,16H,3-5,8H2,1-2H3. The van der Waals surface area contributed by atoms with Gasteiger partial charge in [0.05, 0.1) is 5.69 Å². The highest BCUT2D eigenvalue weighted by atomic mass is 79.9. The van der Waals surface area contributed by atoms with Gasteiger partial charge in [-0.25, -0.2) is 0 Å². The van der Waals surface area contributed by atoms with Crippen LogP contribution in [0.3, 0.4) is 0 Å². The van der Waals surface area contributed by atoms with Crippen molar-refractivity contribution >= 4 is 33.2 Å². The summed E-state index contributed by atoms with van der Waals surface area (Å²) in [7, 11) is 2.17. The molecule has 0 spiro atoms. The van der Waals surface area contributed by atoms with Gasteiger partial charge in [0.2, 0.25) is 0 Å². The van der Waals surface area contributed by atoms with Gasteiger partial charge in [-0.1, -0.05) is 11.6 Å². The van der Waals surface area contributed by atoms with Gasteiger partial charge in [-0.05, 0) is 67.0 Å². The summed E-state index contributed by atoms with van der Waals surface area (Å²) < 4.78 is 1.09. The third-order valence-electron chi connectivity index (χ3n) is 3.23. The first-order valence-electron chi connectivity index (χ1n) is 5.97. The Kier molecular flexibility index (Phi) is 4.34. The molecule has 1 aromatic rings. The summed E-state index contributed by atoms with van der Waals surface area (Å²) >= 11 is 9.75. The highest BCUT2D eigenvalue weighted by Crippen LogP contribution is 2.30. The number of benzene rings is 1. The van der Waals surface area contributed by atoms with Gasteiger partial charge >= 0.3 is 0 Å². The van der Waals surface area contributed by atoms with Crippen LogP contribution in [0.2, 0.25) is 5.02 Å². The van der Waals surface area contributed by atoms with Crippen molar-refractivity contribution in [3.63, 3.8) is 0 Å². The number of likely N-dealkylation sites (tertiary alicyclic amines) is 1. The summed E-state index contributed by atoms with van der Waals surface area (Å²) in [6, 6.07) is 4.59. The van der Waals surface area contributed by atoms with Crippen molar-refractivity contribution in [3.8, 4) is 0 Å². The molecule has 2 rings (SSSR count). The lowest BCUT2D eigenvalue weighted by molar-refractivity contribution is 0.261. The van der Waals surface area contributed by atoms with E-state index >= 15 is 0 Å². The number of hydrogen-bond donors (Lipinski definition) is 1. The maximum absolute atomic E-state index is 6.16. The number of nitrogens with zero attached hydrogens (tertiary/aromatic N) is 1. The zero-order chi connectivity index (χ0) is 12.4. The Morgan fingerprint density at radius 1 is 1.47 bits per heavy atom. The van der Waals surface area contributed by atoms with Gasteiger partial charge in [0.1, 0.15) is 0 Å². The quantitative estimate of drug-likeness (QED) is 0.889. The molecule has 0 amide bonds. The Balaban J connectivity index is 2.10. The number of nitrogens with one attached hydrogen (secondary N) is 1. The normalized spacial score (nSPS) is 21.5. The molecule has 94 valence electrons. The third-order valence-corrected chi connectivity index (χ3v) is 4.30. The number of rotatable bonds is 2. The van der Waals surface area contributed by atoms with Gasteiger partial charge in [-0.3, -0.25) is 0 Å². The third kappa shape index (κ3) is 3.36. The average molecular weight is 318 g/mol. The number of halogens is 2. The summed E-state index contributed by atoms with van der Waals surface area (Å²) in [6.45, 7) is 4.32. The van der Waals surface area contributed by atoms with E-state index in [2.05, 4.69) is 39.3 Å². The van der Waals surface area contributed by atoms with Crippen LogP contribution in [-0.4, -0.2) is 31.1 Å². The fourth-order valence-corrected chi connectivity index (χ4v) is 3.00. The van der Waals surface area contributed by atoms with Crippen LogP contribution in [0.1, 0.15) is 18.4 Å². The largest absolute Gasteiger partial charge is 0.380 e. The van der Waals surface area contributed by atoms with E-state index in [1.54, 1.807) is 0 Å². The molecule has 2 nitrogen and oxygen atoms in total. The van der Waals surface area contributed by atoms with Gasteiger partial charge in [-0.15, -0.1) is 0 Å². The zero-order valence-electron chi connectivity index (χ0n) is 10.3. The number of aryl methyl sites for hydroxylation is 1. The summed E-state index contributed by atoms with van der Waals surface area (Å²) in [4.78, 5) is 2.37. The molecule has 0 bridgehead atoms. The lowest BCUT2D eigenvalue weighted by Crippen LogP contribution is -2.39. The molecule has 0 saturated carbocycles. The summed E-state index contributed by atoms with van der Waals surface area (Å²) in [5.74, 6) is 0. The molecule has 1 aliphatic rings. The van der Waals surface area contributed by atoms with Crippen LogP contribution in [-0.2, 0) is 0 Å². The van der Waals surface area contributed by atoms with Crippen LogP contribution in [0.15, 0.2) is 16.6 Å². The van der Waals surface area contributed by atoms with E-state index in [1.807, 2.05) is 13.0 Å². The molecule has 1 aliphatic heterocycles. The minimum absolute atomic E-state index is 0.517. The van der Waals surface area contributed by atoms with E-state index < -0.39 is 0 Å². The van der Waals surface area contributed by atoms with Crippen LogP contribution in [0.5, 0.6) is 0 Å². The molecule has 1 fully saturated rings. The molecule has 1 heterocycles. The van der Waals surface area contributed by atoms with E-state index in [-0.39, 0.29) is 0 Å². The molecular formula is C13H18BrClN2. The van der Waals surface area contributed by atoms with Crippen molar-refractivity contribution in [2.24, 2.45) is 0 Å². The monoisotopic (exact) mass is 316 g/mol. The first kappa shape index (κ1) is 13.2. The molecule has 4 heteroatoms. The highest BCUT2D eigenvalue weighted by Gasteiger charge is 2.17. The predicted octanol–water partition coefficient (Wildman–Crippen LogP) is 3.92. The predicted molar refractivity (Wildman–Crippen MR) is 78.0 cm³/mol. The van der Waals surface area contributed by atoms with Gasteiger partial charge < -0.3 is 10.2 Å². The summed E-state index contributed by atoms with van der Waals surface area (Å²) in [5, 5.41) is 4.39. The van der Waals surface area contributed by atoms with Crippen LogP contribution >= 0.6 is 27.5 Å². The van der Waals surface area contributed by atoms with Crippen molar-refractivity contribution in [2.75, 3.05) is 25.5 Å². The molecule has 0 aliphatic carbocycles. The minimum Gasteiger partial charge on any atom is -0.380 e. The van der Waals surface area contributed by atoms with E-state index in [0.29, 0.717) is 6.04 Å². The molecule has 1 saturated heterocycles. The molecule has 0 radical (unpaired) electrons. The van der Waals surface area contributed by atoms with Crippen molar-refractivity contribution in [2.45, 2.75) is 25.8 Å². The highest BCUT2D eigenvalue weighted by molar-refractivity contribution is 9.10. The van der Waals surface area contributed by atoms with Crippen LogP contribution in [0.25, 0.3) is 0 Å². The minimum atomic E-state index is 0.517. The second-order valence-corrected chi connectivity index (χ2v) is 6.09.